The quantitative estimate of drug-likeness (QED) is 0.814. The normalized spacial score (nSPS) is 36.7. The molecule has 2 heterocycles. The maximum absolute atomic E-state index is 3.49. The van der Waals surface area contributed by atoms with Gasteiger partial charge in [0.1, 0.15) is 0 Å². The van der Waals surface area contributed by atoms with Crippen molar-refractivity contribution in [1.29, 1.82) is 0 Å². The lowest BCUT2D eigenvalue weighted by molar-refractivity contribution is 0.129. The first-order chi connectivity index (χ1) is 8.43. The Kier molecular flexibility index (Phi) is 4.30. The number of hydrogen-bond donors (Lipinski definition) is 1. The zero-order chi connectivity index (χ0) is 11.5. The standard InChI is InChI=1S/C14H26N2S/c1-2-4-14-13(3-1)16(9-10-17-14)11-12-5-7-15-8-6-12/h12-15H,1-11H2. The summed E-state index contributed by atoms with van der Waals surface area (Å²) in [5, 5.41) is 4.46. The van der Waals surface area contributed by atoms with Gasteiger partial charge in [-0.3, -0.25) is 4.90 Å². The molecule has 0 aromatic heterocycles. The summed E-state index contributed by atoms with van der Waals surface area (Å²) >= 11 is 2.26. The molecule has 3 aliphatic rings. The number of hydrogen-bond acceptors (Lipinski definition) is 3. The minimum Gasteiger partial charge on any atom is -0.317 e. The predicted octanol–water partition coefficient (Wildman–Crippen LogP) is 2.35. The average molecular weight is 254 g/mol. The van der Waals surface area contributed by atoms with Crippen LogP contribution in [-0.2, 0) is 0 Å². The van der Waals surface area contributed by atoms with Crippen LogP contribution in [0.5, 0.6) is 0 Å². The highest BCUT2D eigenvalue weighted by Crippen LogP contribution is 2.36. The summed E-state index contributed by atoms with van der Waals surface area (Å²) in [6.07, 6.45) is 8.72. The molecule has 2 unspecified atom stereocenters. The zero-order valence-electron chi connectivity index (χ0n) is 10.9. The molecule has 98 valence electrons. The number of nitrogens with zero attached hydrogens (tertiary/aromatic N) is 1. The minimum absolute atomic E-state index is 0.928. The SMILES string of the molecule is C1CCC2C(C1)SCCN2CC1CCNCC1. The van der Waals surface area contributed by atoms with Gasteiger partial charge in [0.15, 0.2) is 0 Å². The van der Waals surface area contributed by atoms with Gasteiger partial charge in [0.2, 0.25) is 0 Å². The summed E-state index contributed by atoms with van der Waals surface area (Å²) in [6.45, 7) is 5.25. The predicted molar refractivity (Wildman–Crippen MR) is 75.7 cm³/mol. The van der Waals surface area contributed by atoms with Gasteiger partial charge < -0.3 is 5.32 Å². The Morgan fingerprint density at radius 1 is 1.06 bits per heavy atom. The Hall–Kier alpha value is 0.270. The number of rotatable bonds is 2. The molecule has 3 rings (SSSR count). The summed E-state index contributed by atoms with van der Waals surface area (Å²) in [6, 6.07) is 0.928. The lowest BCUT2D eigenvalue weighted by Crippen LogP contribution is -2.51. The Balaban J connectivity index is 1.56. The van der Waals surface area contributed by atoms with Crippen molar-refractivity contribution in [2.75, 3.05) is 31.9 Å². The van der Waals surface area contributed by atoms with Crippen LogP contribution in [0.4, 0.5) is 0 Å². The van der Waals surface area contributed by atoms with Crippen LogP contribution in [0, 0.1) is 5.92 Å². The highest BCUT2D eigenvalue weighted by Gasteiger charge is 2.34. The van der Waals surface area contributed by atoms with Crippen molar-refractivity contribution >= 4 is 11.8 Å². The summed E-state index contributed by atoms with van der Waals surface area (Å²) in [7, 11) is 0. The topological polar surface area (TPSA) is 15.3 Å². The van der Waals surface area contributed by atoms with E-state index in [4.69, 9.17) is 0 Å². The number of fused-ring (bicyclic) bond motifs is 1. The van der Waals surface area contributed by atoms with Crippen molar-refractivity contribution in [1.82, 2.24) is 10.2 Å². The van der Waals surface area contributed by atoms with Crippen molar-refractivity contribution in [2.24, 2.45) is 5.92 Å². The van der Waals surface area contributed by atoms with Crippen LogP contribution in [0.3, 0.4) is 0 Å². The molecular formula is C14H26N2S. The van der Waals surface area contributed by atoms with Gasteiger partial charge in [-0.05, 0) is 44.7 Å². The van der Waals surface area contributed by atoms with E-state index in [2.05, 4.69) is 22.0 Å². The molecule has 2 saturated heterocycles. The van der Waals surface area contributed by atoms with E-state index >= 15 is 0 Å². The van der Waals surface area contributed by atoms with E-state index in [9.17, 15) is 0 Å². The Labute approximate surface area is 110 Å². The average Bonchev–Trinajstić information content (AvgIpc) is 2.40. The van der Waals surface area contributed by atoms with E-state index in [1.807, 2.05) is 0 Å². The van der Waals surface area contributed by atoms with Crippen molar-refractivity contribution < 1.29 is 0 Å². The summed E-state index contributed by atoms with van der Waals surface area (Å²) < 4.78 is 0. The number of thioether (sulfide) groups is 1. The van der Waals surface area contributed by atoms with Crippen LogP contribution >= 0.6 is 11.8 Å². The molecule has 0 aromatic carbocycles. The summed E-state index contributed by atoms with van der Waals surface area (Å²) in [5.74, 6) is 2.36. The van der Waals surface area contributed by atoms with Crippen LogP contribution in [0.25, 0.3) is 0 Å². The molecule has 2 atom stereocenters. The van der Waals surface area contributed by atoms with Crippen molar-refractivity contribution in [2.45, 2.75) is 49.8 Å². The first-order valence-corrected chi connectivity index (χ1v) is 8.55. The van der Waals surface area contributed by atoms with Gasteiger partial charge in [-0.15, -0.1) is 0 Å². The molecule has 3 heteroatoms. The van der Waals surface area contributed by atoms with E-state index < -0.39 is 0 Å². The second-order valence-corrected chi connectivity index (χ2v) is 7.30. The van der Waals surface area contributed by atoms with Gasteiger partial charge in [0, 0.05) is 30.1 Å². The maximum atomic E-state index is 3.49. The highest BCUT2D eigenvalue weighted by molar-refractivity contribution is 8.00. The van der Waals surface area contributed by atoms with Crippen LogP contribution in [0.2, 0.25) is 0 Å². The second-order valence-electron chi connectivity index (χ2n) is 5.95. The lowest BCUT2D eigenvalue weighted by atomic mass is 9.91. The molecule has 0 spiro atoms. The molecule has 17 heavy (non-hydrogen) atoms. The van der Waals surface area contributed by atoms with E-state index in [1.54, 1.807) is 0 Å². The van der Waals surface area contributed by atoms with Gasteiger partial charge in [-0.25, -0.2) is 0 Å². The van der Waals surface area contributed by atoms with Gasteiger partial charge in [-0.2, -0.15) is 11.8 Å². The molecule has 0 amide bonds. The minimum atomic E-state index is 0.928. The van der Waals surface area contributed by atoms with Gasteiger partial charge in [-0.1, -0.05) is 12.8 Å². The monoisotopic (exact) mass is 254 g/mol. The Bertz CT molecular complexity index is 238. The van der Waals surface area contributed by atoms with Crippen LogP contribution in [0.1, 0.15) is 38.5 Å². The first kappa shape index (κ1) is 12.3. The Morgan fingerprint density at radius 2 is 1.88 bits per heavy atom. The molecule has 1 aliphatic carbocycles. The number of piperidine rings is 1. The van der Waals surface area contributed by atoms with Crippen molar-refractivity contribution in [3.63, 3.8) is 0 Å². The fourth-order valence-electron chi connectivity index (χ4n) is 3.80. The fourth-order valence-corrected chi connectivity index (χ4v) is 5.31. The first-order valence-electron chi connectivity index (χ1n) is 7.50. The third-order valence-corrected chi connectivity index (χ3v) is 6.19. The van der Waals surface area contributed by atoms with Crippen LogP contribution in [-0.4, -0.2) is 48.1 Å². The molecular weight excluding hydrogens is 228 g/mol. The zero-order valence-corrected chi connectivity index (χ0v) is 11.7. The smallest absolute Gasteiger partial charge is 0.0215 e. The molecule has 2 aliphatic heterocycles. The molecule has 0 aromatic rings. The fraction of sp³-hybridized carbons (Fsp3) is 1.00. The van der Waals surface area contributed by atoms with E-state index in [-0.39, 0.29) is 0 Å². The van der Waals surface area contributed by atoms with Gasteiger partial charge in [0.05, 0.1) is 0 Å². The third-order valence-electron chi connectivity index (χ3n) is 4.80. The van der Waals surface area contributed by atoms with E-state index in [0.29, 0.717) is 0 Å². The van der Waals surface area contributed by atoms with Crippen molar-refractivity contribution in [3.05, 3.63) is 0 Å². The van der Waals surface area contributed by atoms with Crippen LogP contribution in [0.15, 0.2) is 0 Å². The van der Waals surface area contributed by atoms with E-state index in [1.165, 1.54) is 70.5 Å². The highest BCUT2D eigenvalue weighted by atomic mass is 32.2. The molecule has 1 N–H and O–H groups in total. The summed E-state index contributed by atoms with van der Waals surface area (Å²) in [5.41, 5.74) is 0. The lowest BCUT2D eigenvalue weighted by Gasteiger charge is -2.45. The Morgan fingerprint density at radius 3 is 2.76 bits per heavy atom. The maximum Gasteiger partial charge on any atom is 0.0215 e. The third kappa shape index (κ3) is 2.99. The molecule has 2 nitrogen and oxygen atoms in total. The van der Waals surface area contributed by atoms with Gasteiger partial charge >= 0.3 is 0 Å². The molecule has 0 bridgehead atoms. The van der Waals surface area contributed by atoms with Gasteiger partial charge in [0.25, 0.3) is 0 Å². The summed E-state index contributed by atoms with van der Waals surface area (Å²) in [4.78, 5) is 2.86. The molecule has 3 fully saturated rings. The van der Waals surface area contributed by atoms with E-state index in [0.717, 1.165) is 17.2 Å². The second kappa shape index (κ2) is 5.94. The van der Waals surface area contributed by atoms with Crippen molar-refractivity contribution in [3.8, 4) is 0 Å². The molecule has 0 radical (unpaired) electrons. The number of nitrogens with one attached hydrogen (secondary N) is 1. The van der Waals surface area contributed by atoms with Crippen LogP contribution < -0.4 is 5.32 Å². The largest absolute Gasteiger partial charge is 0.317 e. The molecule has 1 saturated carbocycles.